The summed E-state index contributed by atoms with van der Waals surface area (Å²) in [6, 6.07) is 5.03. The third-order valence-electron chi connectivity index (χ3n) is 4.87. The maximum Gasteiger partial charge on any atom is 0.416 e. The van der Waals surface area contributed by atoms with E-state index < -0.39 is 53.9 Å². The van der Waals surface area contributed by atoms with Crippen LogP contribution in [0.15, 0.2) is 36.5 Å². The molecule has 1 aromatic heterocycles. The van der Waals surface area contributed by atoms with Gasteiger partial charge < -0.3 is 10.0 Å². The van der Waals surface area contributed by atoms with Gasteiger partial charge in [-0.3, -0.25) is 14.5 Å². The van der Waals surface area contributed by atoms with Gasteiger partial charge in [-0.1, -0.05) is 23.7 Å². The lowest BCUT2D eigenvalue weighted by atomic mass is 9.94. The van der Waals surface area contributed by atoms with E-state index in [2.05, 4.69) is 4.98 Å². The predicted octanol–water partition coefficient (Wildman–Crippen LogP) is 3.02. The van der Waals surface area contributed by atoms with Crippen LogP contribution in [0.4, 0.5) is 23.4 Å². The van der Waals surface area contributed by atoms with Crippen LogP contribution < -0.4 is 4.90 Å². The predicted molar refractivity (Wildman–Crippen MR) is 99.0 cm³/mol. The van der Waals surface area contributed by atoms with Crippen LogP contribution in [0.5, 0.6) is 0 Å². The molecule has 2 heterocycles. The number of aromatic nitrogens is 1. The number of benzene rings is 1. The second-order valence-electron chi connectivity index (χ2n) is 6.96. The number of aliphatic hydroxyl groups is 1. The van der Waals surface area contributed by atoms with Crippen molar-refractivity contribution in [2.45, 2.75) is 25.2 Å². The van der Waals surface area contributed by atoms with E-state index in [-0.39, 0.29) is 11.6 Å². The molecule has 2 amide bonds. The van der Waals surface area contributed by atoms with Crippen LogP contribution >= 0.6 is 11.6 Å². The smallest absolute Gasteiger partial charge is 0.393 e. The van der Waals surface area contributed by atoms with Crippen molar-refractivity contribution in [3.63, 3.8) is 0 Å². The van der Waals surface area contributed by atoms with Gasteiger partial charge in [0, 0.05) is 12.7 Å². The van der Waals surface area contributed by atoms with Crippen molar-refractivity contribution >= 4 is 29.2 Å². The number of amides is 2. The van der Waals surface area contributed by atoms with E-state index >= 15 is 0 Å². The zero-order chi connectivity index (χ0) is 22.3. The molecule has 0 aliphatic carbocycles. The summed E-state index contributed by atoms with van der Waals surface area (Å²) in [5.41, 5.74) is -2.30. The lowest BCUT2D eigenvalue weighted by Crippen LogP contribution is -2.68. The Bertz CT molecular complexity index is 984. The lowest BCUT2D eigenvalue weighted by molar-refractivity contribution is -0.153. The molecule has 11 heteroatoms. The normalized spacial score (nSPS) is 20.1. The van der Waals surface area contributed by atoms with E-state index in [9.17, 15) is 32.3 Å². The van der Waals surface area contributed by atoms with Gasteiger partial charge in [0.1, 0.15) is 12.1 Å². The van der Waals surface area contributed by atoms with Crippen molar-refractivity contribution in [1.82, 2.24) is 9.88 Å². The molecule has 0 spiro atoms. The van der Waals surface area contributed by atoms with Gasteiger partial charge in [-0.15, -0.1) is 0 Å². The molecule has 1 aliphatic heterocycles. The molecular weight excluding hydrogens is 430 g/mol. The average Bonchev–Trinajstić information content (AvgIpc) is 2.68. The molecular formula is C19H16ClF4N3O3. The van der Waals surface area contributed by atoms with Gasteiger partial charge in [-0.05, 0) is 30.7 Å². The molecule has 1 aromatic carbocycles. The molecule has 0 saturated carbocycles. The fourth-order valence-electron chi connectivity index (χ4n) is 3.15. The number of hydrogen-bond donors (Lipinski definition) is 1. The number of hydrogen-bond acceptors (Lipinski definition) is 4. The Kier molecular flexibility index (Phi) is 5.74. The fraction of sp³-hybridized carbons (Fsp3) is 0.316. The number of piperazine rings is 1. The van der Waals surface area contributed by atoms with Crippen molar-refractivity contribution in [2.24, 2.45) is 0 Å². The Morgan fingerprint density at radius 1 is 1.23 bits per heavy atom. The minimum atomic E-state index is -4.51. The second kappa shape index (κ2) is 7.84. The highest BCUT2D eigenvalue weighted by Gasteiger charge is 2.50. The Morgan fingerprint density at radius 2 is 1.87 bits per heavy atom. The highest BCUT2D eigenvalue weighted by molar-refractivity contribution is 6.30. The third-order valence-corrected chi connectivity index (χ3v) is 5.08. The number of carbonyl (C=O) groups excluding carboxylic acids is 2. The molecule has 1 saturated heterocycles. The number of halogens is 5. The monoisotopic (exact) mass is 445 g/mol. The Labute approximate surface area is 173 Å². The maximum absolute atomic E-state index is 14.2. The summed E-state index contributed by atoms with van der Waals surface area (Å²) in [6.07, 6.45) is -3.40. The summed E-state index contributed by atoms with van der Waals surface area (Å²) in [7, 11) is 0. The molecule has 160 valence electrons. The number of carbonyl (C=O) groups is 2. The van der Waals surface area contributed by atoms with E-state index in [0.29, 0.717) is 5.56 Å². The number of aliphatic hydroxyl groups excluding tert-OH is 1. The summed E-state index contributed by atoms with van der Waals surface area (Å²) >= 11 is 5.67. The minimum Gasteiger partial charge on any atom is -0.393 e. The van der Waals surface area contributed by atoms with Crippen LogP contribution in [-0.2, 0) is 22.3 Å². The van der Waals surface area contributed by atoms with Gasteiger partial charge in [0.2, 0.25) is 5.91 Å². The van der Waals surface area contributed by atoms with Crippen LogP contribution in [-0.4, -0.2) is 45.5 Å². The highest BCUT2D eigenvalue weighted by Crippen LogP contribution is 2.32. The van der Waals surface area contributed by atoms with Crippen LogP contribution in [0.1, 0.15) is 18.1 Å². The Hall–Kier alpha value is -2.72. The SMILES string of the molecule is C[C@@]1(CO)C(=O)N(c2ncc(Cl)cc2F)CC(=O)N1Cc1ccc(C(F)(F)F)cc1. The van der Waals surface area contributed by atoms with Crippen molar-refractivity contribution < 1.29 is 32.3 Å². The molecule has 6 nitrogen and oxygen atoms in total. The van der Waals surface area contributed by atoms with Gasteiger partial charge in [0.05, 0.1) is 17.2 Å². The molecule has 30 heavy (non-hydrogen) atoms. The van der Waals surface area contributed by atoms with E-state index in [1.54, 1.807) is 0 Å². The molecule has 2 aromatic rings. The van der Waals surface area contributed by atoms with E-state index in [1.165, 1.54) is 19.1 Å². The highest BCUT2D eigenvalue weighted by atomic mass is 35.5. The molecule has 1 fully saturated rings. The van der Waals surface area contributed by atoms with Crippen LogP contribution in [0.25, 0.3) is 0 Å². The van der Waals surface area contributed by atoms with E-state index in [4.69, 9.17) is 11.6 Å². The molecule has 0 unspecified atom stereocenters. The molecule has 1 aliphatic rings. The van der Waals surface area contributed by atoms with Gasteiger partial charge >= 0.3 is 6.18 Å². The topological polar surface area (TPSA) is 73.7 Å². The van der Waals surface area contributed by atoms with Gasteiger partial charge in [-0.25, -0.2) is 9.37 Å². The fourth-order valence-corrected chi connectivity index (χ4v) is 3.29. The summed E-state index contributed by atoms with van der Waals surface area (Å²) < 4.78 is 52.5. The molecule has 1 N–H and O–H groups in total. The first-order chi connectivity index (χ1) is 14.0. The largest absolute Gasteiger partial charge is 0.416 e. The van der Waals surface area contributed by atoms with Gasteiger partial charge in [0.15, 0.2) is 11.6 Å². The minimum absolute atomic E-state index is 0.000820. The summed E-state index contributed by atoms with van der Waals surface area (Å²) in [4.78, 5) is 31.4. The standard InChI is InChI=1S/C19H16ClF4N3O3/c1-18(10-28)17(30)26(16-14(21)6-13(20)7-25-16)9-15(29)27(18)8-11-2-4-12(5-3-11)19(22,23)24/h2-7,28H,8-10H2,1H3/t18-/m1/s1. The van der Waals surface area contributed by atoms with Crippen molar-refractivity contribution in [3.05, 3.63) is 58.5 Å². The summed E-state index contributed by atoms with van der Waals surface area (Å²) in [5, 5.41) is 9.89. The first-order valence-electron chi connectivity index (χ1n) is 8.68. The molecule has 3 rings (SSSR count). The van der Waals surface area contributed by atoms with Crippen molar-refractivity contribution in [3.8, 4) is 0 Å². The van der Waals surface area contributed by atoms with Crippen LogP contribution in [0, 0.1) is 5.82 Å². The van der Waals surface area contributed by atoms with Crippen LogP contribution in [0.3, 0.4) is 0 Å². The zero-order valence-electron chi connectivity index (χ0n) is 15.6. The average molecular weight is 446 g/mol. The number of anilines is 1. The van der Waals surface area contributed by atoms with E-state index in [0.717, 1.165) is 34.2 Å². The number of rotatable bonds is 4. The lowest BCUT2D eigenvalue weighted by Gasteiger charge is -2.46. The first kappa shape index (κ1) is 22.0. The van der Waals surface area contributed by atoms with Crippen molar-refractivity contribution in [2.75, 3.05) is 18.1 Å². The number of nitrogens with zero attached hydrogens (tertiary/aromatic N) is 3. The zero-order valence-corrected chi connectivity index (χ0v) is 16.3. The maximum atomic E-state index is 14.2. The van der Waals surface area contributed by atoms with Gasteiger partial charge in [0.25, 0.3) is 5.91 Å². The first-order valence-corrected chi connectivity index (χ1v) is 9.05. The Morgan fingerprint density at radius 3 is 2.40 bits per heavy atom. The van der Waals surface area contributed by atoms with Crippen LogP contribution in [0.2, 0.25) is 5.02 Å². The van der Waals surface area contributed by atoms with Gasteiger partial charge in [-0.2, -0.15) is 13.2 Å². The van der Waals surface area contributed by atoms with E-state index in [1.807, 2.05) is 0 Å². The molecule has 0 radical (unpaired) electrons. The second-order valence-corrected chi connectivity index (χ2v) is 7.39. The third kappa shape index (κ3) is 3.97. The quantitative estimate of drug-likeness (QED) is 0.734. The summed E-state index contributed by atoms with van der Waals surface area (Å²) in [6.45, 7) is -0.272. The molecule has 1 atom stereocenters. The Balaban J connectivity index is 1.90. The molecule has 0 bridgehead atoms. The number of alkyl halides is 3. The van der Waals surface area contributed by atoms with Crippen molar-refractivity contribution in [1.29, 1.82) is 0 Å². The summed E-state index contributed by atoms with van der Waals surface area (Å²) in [5.74, 6) is -2.75. The number of pyridine rings is 1.